The van der Waals surface area contributed by atoms with E-state index in [9.17, 15) is 4.79 Å². The summed E-state index contributed by atoms with van der Waals surface area (Å²) >= 11 is 0. The first-order valence-electron chi connectivity index (χ1n) is 2.35. The molecule has 0 fully saturated rings. The molecule has 0 spiro atoms. The van der Waals surface area contributed by atoms with Gasteiger partial charge in [0.1, 0.15) is 0 Å². The molecule has 0 unspecified atom stereocenters. The summed E-state index contributed by atoms with van der Waals surface area (Å²) < 4.78 is 0. The monoisotopic (exact) mass is 126 g/mol. The molecule has 48 valence electrons. The molecule has 0 heterocycles. The quantitative estimate of drug-likeness (QED) is 0.183. The predicted molar refractivity (Wildman–Crippen MR) is 29.3 cm³/mol. The average molecular weight is 126 g/mol. The van der Waals surface area contributed by atoms with Gasteiger partial charge < -0.3 is 0 Å². The minimum absolute atomic E-state index is 0.447. The van der Waals surface area contributed by atoms with E-state index in [2.05, 4.69) is 10.5 Å². The molecule has 5 heteroatoms. The minimum Gasteiger partial charge on any atom is -0.217 e. The molecule has 9 heavy (non-hydrogen) atoms. The van der Waals surface area contributed by atoms with Crippen molar-refractivity contribution in [1.29, 1.82) is 5.26 Å². The maximum atomic E-state index is 9.57. The molecule has 0 aliphatic heterocycles. The summed E-state index contributed by atoms with van der Waals surface area (Å²) in [6.45, 7) is 2.19. The van der Waals surface area contributed by atoms with Crippen LogP contribution in [0.4, 0.5) is 0 Å². The number of nitrogens with zero attached hydrogens (tertiary/aromatic N) is 3. The Morgan fingerprint density at radius 2 is 2.56 bits per heavy atom. The lowest BCUT2D eigenvalue weighted by Gasteiger charge is -2.08. The fraction of sp³-hybridized carbons (Fsp3) is 0.500. The number of hydrogen-bond acceptors (Lipinski definition) is 5. The van der Waals surface area contributed by atoms with Gasteiger partial charge in [-0.2, -0.15) is 10.4 Å². The third-order valence-corrected chi connectivity index (χ3v) is 0.640. The number of hydrogen-bond donors (Lipinski definition) is 1. The Morgan fingerprint density at radius 1 is 1.89 bits per heavy atom. The van der Waals surface area contributed by atoms with Crippen molar-refractivity contribution in [2.45, 2.75) is 6.92 Å². The van der Waals surface area contributed by atoms with Gasteiger partial charge >= 0.3 is 0 Å². The number of nitrogens with one attached hydrogen (secondary N) is 1. The van der Waals surface area contributed by atoms with Crippen LogP contribution in [0.2, 0.25) is 0 Å². The van der Waals surface area contributed by atoms with Crippen LogP contribution in [0.25, 0.3) is 0 Å². The molecular formula is C4H6N4O. The molecule has 0 aromatic carbocycles. The lowest BCUT2D eigenvalue weighted by Crippen LogP contribution is -2.28. The van der Waals surface area contributed by atoms with Crippen molar-refractivity contribution in [3.05, 3.63) is 0 Å². The maximum absolute atomic E-state index is 9.57. The van der Waals surface area contributed by atoms with E-state index in [1.165, 1.54) is 6.08 Å². The van der Waals surface area contributed by atoms with Crippen LogP contribution in [-0.2, 0) is 4.79 Å². The van der Waals surface area contributed by atoms with E-state index in [0.29, 0.717) is 6.54 Å². The zero-order valence-electron chi connectivity index (χ0n) is 4.96. The van der Waals surface area contributed by atoms with Crippen molar-refractivity contribution >= 4 is 6.08 Å². The zero-order chi connectivity index (χ0) is 7.11. The summed E-state index contributed by atoms with van der Waals surface area (Å²) in [6.07, 6.45) is 2.90. The number of hydrazine groups is 1. The van der Waals surface area contributed by atoms with Crippen LogP contribution in [0.15, 0.2) is 5.10 Å². The molecule has 0 aliphatic carbocycles. The Morgan fingerprint density at radius 3 is 2.89 bits per heavy atom. The van der Waals surface area contributed by atoms with E-state index in [1.54, 1.807) is 13.1 Å². The van der Waals surface area contributed by atoms with Crippen LogP contribution >= 0.6 is 0 Å². The summed E-state index contributed by atoms with van der Waals surface area (Å²) in [6, 6.07) is 0. The topological polar surface area (TPSA) is 68.5 Å². The van der Waals surface area contributed by atoms with Gasteiger partial charge in [-0.15, -0.1) is 0 Å². The molecule has 0 radical (unpaired) electrons. The highest BCUT2D eigenvalue weighted by atomic mass is 16.1. The van der Waals surface area contributed by atoms with Crippen molar-refractivity contribution in [1.82, 2.24) is 10.5 Å². The highest BCUT2D eigenvalue weighted by Crippen LogP contribution is 1.76. The first-order valence-corrected chi connectivity index (χ1v) is 2.35. The van der Waals surface area contributed by atoms with Gasteiger partial charge in [-0.25, -0.2) is 10.2 Å². The molecule has 0 aromatic rings. The minimum atomic E-state index is 0.447. The van der Waals surface area contributed by atoms with Gasteiger partial charge in [-0.3, -0.25) is 0 Å². The van der Waals surface area contributed by atoms with Crippen LogP contribution in [0.1, 0.15) is 6.92 Å². The maximum Gasteiger partial charge on any atom is 0.259 e. The van der Waals surface area contributed by atoms with Crippen molar-refractivity contribution in [3.8, 4) is 6.19 Å². The molecule has 0 aliphatic rings. The summed E-state index contributed by atoms with van der Waals surface area (Å²) in [5.41, 5.74) is 2.14. The second-order valence-corrected chi connectivity index (χ2v) is 1.13. The van der Waals surface area contributed by atoms with Crippen molar-refractivity contribution in [2.24, 2.45) is 5.10 Å². The molecule has 0 aromatic heterocycles. The van der Waals surface area contributed by atoms with E-state index < -0.39 is 0 Å². The van der Waals surface area contributed by atoms with Crippen molar-refractivity contribution in [3.63, 3.8) is 0 Å². The van der Waals surface area contributed by atoms with Crippen LogP contribution in [-0.4, -0.2) is 17.7 Å². The number of carbonyl (C=O) groups excluding carboxylic acids is 1. The zero-order valence-corrected chi connectivity index (χ0v) is 4.96. The van der Waals surface area contributed by atoms with E-state index in [4.69, 9.17) is 5.26 Å². The molecule has 0 bridgehead atoms. The Balaban J connectivity index is 3.71. The van der Waals surface area contributed by atoms with Crippen LogP contribution in [0.3, 0.4) is 0 Å². The lowest BCUT2D eigenvalue weighted by atomic mass is 10.8. The predicted octanol–water partition coefficient (Wildman–Crippen LogP) is -0.455. The van der Waals surface area contributed by atoms with Gasteiger partial charge in [0, 0.05) is 0 Å². The second-order valence-electron chi connectivity index (χ2n) is 1.13. The first-order chi connectivity index (χ1) is 4.35. The van der Waals surface area contributed by atoms with Crippen LogP contribution in [0, 0.1) is 11.5 Å². The van der Waals surface area contributed by atoms with Crippen LogP contribution in [0.5, 0.6) is 0 Å². The number of hydrazone groups is 1. The van der Waals surface area contributed by atoms with Gasteiger partial charge in [-0.1, -0.05) is 5.10 Å². The average Bonchev–Trinajstić information content (AvgIpc) is 1.88. The standard InChI is InChI=1S/C4H6N4O/c1-2-8(6-3-5)7-4-9/h6H,2H2,1H3. The van der Waals surface area contributed by atoms with Gasteiger partial charge in [-0.05, 0) is 6.92 Å². The van der Waals surface area contributed by atoms with Gasteiger partial charge in [0.25, 0.3) is 6.08 Å². The molecule has 0 amide bonds. The normalized spacial score (nSPS) is 6.67. The summed E-state index contributed by atoms with van der Waals surface area (Å²) in [5.74, 6) is 0. The first kappa shape index (κ1) is 7.47. The molecule has 0 atom stereocenters. The third-order valence-electron chi connectivity index (χ3n) is 0.640. The second kappa shape index (κ2) is 4.62. The molecule has 0 saturated heterocycles. The smallest absolute Gasteiger partial charge is 0.217 e. The van der Waals surface area contributed by atoms with Gasteiger partial charge in [0.2, 0.25) is 0 Å². The molecular weight excluding hydrogens is 120 g/mol. The summed E-state index contributed by atoms with van der Waals surface area (Å²) in [5, 5.41) is 12.2. The molecule has 0 rings (SSSR count). The van der Waals surface area contributed by atoms with Gasteiger partial charge in [0.05, 0.1) is 6.54 Å². The Labute approximate surface area is 52.5 Å². The fourth-order valence-electron chi connectivity index (χ4n) is 0.282. The van der Waals surface area contributed by atoms with E-state index >= 15 is 0 Å². The SMILES string of the molecule is CCN(N=C=O)NC#N. The fourth-order valence-corrected chi connectivity index (χ4v) is 0.282. The molecule has 0 saturated carbocycles. The number of isocyanates is 1. The van der Waals surface area contributed by atoms with Gasteiger partial charge in [0.15, 0.2) is 6.19 Å². The van der Waals surface area contributed by atoms with E-state index in [0.717, 1.165) is 5.12 Å². The van der Waals surface area contributed by atoms with E-state index in [1.807, 2.05) is 0 Å². The van der Waals surface area contributed by atoms with Crippen molar-refractivity contribution in [2.75, 3.05) is 6.54 Å². The lowest BCUT2D eigenvalue weighted by molar-refractivity contribution is 0.251. The highest BCUT2D eigenvalue weighted by Gasteiger charge is 1.89. The number of rotatable bonds is 3. The molecule has 5 nitrogen and oxygen atoms in total. The highest BCUT2D eigenvalue weighted by molar-refractivity contribution is 5.32. The third kappa shape index (κ3) is 3.09. The molecule has 1 N–H and O–H groups in total. The Hall–Kier alpha value is -1.53. The van der Waals surface area contributed by atoms with Crippen molar-refractivity contribution < 1.29 is 4.79 Å². The summed E-state index contributed by atoms with van der Waals surface area (Å²) in [4.78, 5) is 9.57. The Bertz CT molecular complexity index is 154. The van der Waals surface area contributed by atoms with Crippen LogP contribution < -0.4 is 5.43 Å². The summed E-state index contributed by atoms with van der Waals surface area (Å²) in [7, 11) is 0. The number of nitriles is 1. The van der Waals surface area contributed by atoms with E-state index in [-0.39, 0.29) is 0 Å². The largest absolute Gasteiger partial charge is 0.259 e. The Kier molecular flexibility index (Phi) is 3.84.